The van der Waals surface area contributed by atoms with E-state index in [9.17, 15) is 8.42 Å². The predicted molar refractivity (Wildman–Crippen MR) is 72.0 cm³/mol. The Labute approximate surface area is 113 Å². The van der Waals surface area contributed by atoms with E-state index in [1.54, 1.807) is 12.1 Å². The molecule has 2 rings (SSSR count). The second kappa shape index (κ2) is 4.93. The van der Waals surface area contributed by atoms with Gasteiger partial charge in [-0.05, 0) is 32.0 Å². The van der Waals surface area contributed by atoms with Crippen LogP contribution >= 0.6 is 0 Å². The van der Waals surface area contributed by atoms with E-state index in [4.69, 9.17) is 5.26 Å². The molecule has 1 aromatic rings. The number of hydrogen-bond acceptors (Lipinski definition) is 4. The summed E-state index contributed by atoms with van der Waals surface area (Å²) in [5.74, 6) is 0. The molecule has 1 aliphatic heterocycles. The van der Waals surface area contributed by atoms with E-state index < -0.39 is 15.6 Å². The molecule has 0 atom stereocenters. The minimum absolute atomic E-state index is 0.182. The predicted octanol–water partition coefficient (Wildman–Crippen LogP) is 0.931. The minimum Gasteiger partial charge on any atom is -0.314 e. The first-order chi connectivity index (χ1) is 8.88. The van der Waals surface area contributed by atoms with Crippen LogP contribution in [-0.4, -0.2) is 37.9 Å². The monoisotopic (exact) mass is 279 g/mol. The summed E-state index contributed by atoms with van der Waals surface area (Å²) in [5.41, 5.74) is -0.117. The molecule has 5 nitrogen and oxygen atoms in total. The molecule has 102 valence electrons. The van der Waals surface area contributed by atoms with E-state index in [0.29, 0.717) is 25.2 Å². The van der Waals surface area contributed by atoms with Gasteiger partial charge in [-0.25, -0.2) is 8.42 Å². The van der Waals surface area contributed by atoms with Crippen LogP contribution in [0.15, 0.2) is 29.2 Å². The summed E-state index contributed by atoms with van der Waals surface area (Å²) in [5, 5.41) is 12.1. The molecule has 0 radical (unpaired) electrons. The largest absolute Gasteiger partial charge is 0.314 e. The number of nitriles is 1. The topological polar surface area (TPSA) is 73.2 Å². The van der Waals surface area contributed by atoms with E-state index in [-0.39, 0.29) is 4.90 Å². The van der Waals surface area contributed by atoms with E-state index in [2.05, 4.69) is 5.32 Å². The van der Waals surface area contributed by atoms with Gasteiger partial charge in [0.1, 0.15) is 0 Å². The Morgan fingerprint density at radius 1 is 1.42 bits per heavy atom. The molecule has 6 heteroatoms. The normalized spacial score (nSPS) is 19.8. The molecule has 0 aliphatic carbocycles. The number of nitrogens with zero attached hydrogens (tertiary/aromatic N) is 2. The first-order valence-corrected chi connectivity index (χ1v) is 7.56. The van der Waals surface area contributed by atoms with E-state index in [0.717, 1.165) is 0 Å². The van der Waals surface area contributed by atoms with Crippen molar-refractivity contribution in [3.8, 4) is 6.07 Å². The van der Waals surface area contributed by atoms with Crippen molar-refractivity contribution in [2.75, 3.05) is 19.6 Å². The fourth-order valence-electron chi connectivity index (χ4n) is 2.26. The van der Waals surface area contributed by atoms with Gasteiger partial charge in [-0.15, -0.1) is 0 Å². The number of hydrogen-bond donors (Lipinski definition) is 1. The molecule has 1 saturated heterocycles. The van der Waals surface area contributed by atoms with Gasteiger partial charge in [0.15, 0.2) is 0 Å². The number of piperazine rings is 1. The van der Waals surface area contributed by atoms with Crippen LogP contribution in [0.4, 0.5) is 0 Å². The van der Waals surface area contributed by atoms with Gasteiger partial charge in [-0.2, -0.15) is 9.57 Å². The molecule has 0 spiro atoms. The number of rotatable bonds is 2. The molecule has 0 bridgehead atoms. The van der Waals surface area contributed by atoms with Gasteiger partial charge in [0.2, 0.25) is 10.0 Å². The van der Waals surface area contributed by atoms with E-state index >= 15 is 0 Å². The average molecular weight is 279 g/mol. The maximum Gasteiger partial charge on any atom is 0.243 e. The summed E-state index contributed by atoms with van der Waals surface area (Å²) in [6, 6.07) is 8.12. The Kier molecular flexibility index (Phi) is 3.63. The van der Waals surface area contributed by atoms with Crippen LogP contribution in [0.1, 0.15) is 19.4 Å². The second-order valence-electron chi connectivity index (χ2n) is 5.21. The summed E-state index contributed by atoms with van der Waals surface area (Å²) < 4.78 is 26.8. The van der Waals surface area contributed by atoms with Gasteiger partial charge in [0.05, 0.1) is 16.5 Å². The lowest BCUT2D eigenvalue weighted by Crippen LogP contribution is -2.59. The van der Waals surface area contributed by atoms with Crippen LogP contribution in [-0.2, 0) is 10.0 Å². The lowest BCUT2D eigenvalue weighted by atomic mass is 10.0. The Hall–Kier alpha value is -1.42. The minimum atomic E-state index is -3.56. The summed E-state index contributed by atoms with van der Waals surface area (Å²) in [7, 11) is -3.56. The van der Waals surface area contributed by atoms with Crippen molar-refractivity contribution in [3.63, 3.8) is 0 Å². The van der Waals surface area contributed by atoms with Crippen molar-refractivity contribution in [2.24, 2.45) is 0 Å². The highest BCUT2D eigenvalue weighted by atomic mass is 32.2. The zero-order valence-electron chi connectivity index (χ0n) is 11.0. The van der Waals surface area contributed by atoms with E-state index in [1.807, 2.05) is 19.9 Å². The van der Waals surface area contributed by atoms with Crippen LogP contribution in [0, 0.1) is 11.3 Å². The molecule has 19 heavy (non-hydrogen) atoms. The highest BCUT2D eigenvalue weighted by Crippen LogP contribution is 2.26. The quantitative estimate of drug-likeness (QED) is 0.874. The van der Waals surface area contributed by atoms with Gasteiger partial charge in [-0.3, -0.25) is 0 Å². The van der Waals surface area contributed by atoms with Gasteiger partial charge in [0, 0.05) is 25.2 Å². The number of nitrogens with one attached hydrogen (secondary N) is 1. The molecule has 1 aliphatic rings. The molecular formula is C13H17N3O2S. The molecule has 1 fully saturated rings. The third-order valence-electron chi connectivity index (χ3n) is 3.28. The highest BCUT2D eigenvalue weighted by Gasteiger charge is 2.38. The van der Waals surface area contributed by atoms with Gasteiger partial charge in [0.25, 0.3) is 0 Å². The van der Waals surface area contributed by atoms with Crippen molar-refractivity contribution in [1.29, 1.82) is 5.26 Å². The zero-order chi connectivity index (χ0) is 14.1. The smallest absolute Gasteiger partial charge is 0.243 e. The number of sulfonamides is 1. The molecule has 0 aromatic heterocycles. The first-order valence-electron chi connectivity index (χ1n) is 6.12. The Balaban J connectivity index is 2.44. The van der Waals surface area contributed by atoms with Crippen LogP contribution in [0.25, 0.3) is 0 Å². The lowest BCUT2D eigenvalue weighted by Gasteiger charge is -2.41. The van der Waals surface area contributed by atoms with Gasteiger partial charge in [-0.1, -0.05) is 6.07 Å². The average Bonchev–Trinajstić information content (AvgIpc) is 2.38. The lowest BCUT2D eigenvalue weighted by molar-refractivity contribution is 0.186. The fraction of sp³-hybridized carbons (Fsp3) is 0.462. The molecule has 1 N–H and O–H groups in total. The van der Waals surface area contributed by atoms with Gasteiger partial charge >= 0.3 is 0 Å². The second-order valence-corrected chi connectivity index (χ2v) is 7.07. The fourth-order valence-corrected chi connectivity index (χ4v) is 4.09. The molecule has 1 heterocycles. The Morgan fingerprint density at radius 2 is 2.16 bits per heavy atom. The van der Waals surface area contributed by atoms with Crippen LogP contribution in [0.3, 0.4) is 0 Å². The molecule has 0 saturated carbocycles. The van der Waals surface area contributed by atoms with Crippen molar-refractivity contribution < 1.29 is 8.42 Å². The Morgan fingerprint density at radius 3 is 2.79 bits per heavy atom. The third kappa shape index (κ3) is 2.63. The van der Waals surface area contributed by atoms with Gasteiger partial charge < -0.3 is 5.32 Å². The SMILES string of the molecule is CC1(C)CNCCN1S(=O)(=O)c1cccc(C#N)c1. The molecule has 0 amide bonds. The number of benzene rings is 1. The highest BCUT2D eigenvalue weighted by molar-refractivity contribution is 7.89. The maximum absolute atomic E-state index is 12.7. The maximum atomic E-state index is 12.7. The first kappa shape index (κ1) is 14.0. The molecular weight excluding hydrogens is 262 g/mol. The summed E-state index contributed by atoms with van der Waals surface area (Å²) in [6.07, 6.45) is 0. The van der Waals surface area contributed by atoms with E-state index in [1.165, 1.54) is 16.4 Å². The standard InChI is InChI=1S/C13H17N3O2S/c1-13(2)10-15-6-7-16(13)19(17,18)12-5-3-4-11(8-12)9-14/h3-5,8,15H,6-7,10H2,1-2H3. The van der Waals surface area contributed by atoms with Crippen LogP contribution < -0.4 is 5.32 Å². The molecule has 1 aromatic carbocycles. The van der Waals surface area contributed by atoms with Crippen LogP contribution in [0.5, 0.6) is 0 Å². The molecule has 0 unspecified atom stereocenters. The van der Waals surface area contributed by atoms with Crippen molar-refractivity contribution in [1.82, 2.24) is 9.62 Å². The van der Waals surface area contributed by atoms with Crippen molar-refractivity contribution in [3.05, 3.63) is 29.8 Å². The summed E-state index contributed by atoms with van der Waals surface area (Å²) in [6.45, 7) is 5.48. The summed E-state index contributed by atoms with van der Waals surface area (Å²) >= 11 is 0. The summed E-state index contributed by atoms with van der Waals surface area (Å²) in [4.78, 5) is 0.182. The zero-order valence-corrected chi connectivity index (χ0v) is 11.9. The third-order valence-corrected chi connectivity index (χ3v) is 5.38. The van der Waals surface area contributed by atoms with Crippen LogP contribution in [0.2, 0.25) is 0 Å². The van der Waals surface area contributed by atoms with Crippen molar-refractivity contribution in [2.45, 2.75) is 24.3 Å². The Bertz CT molecular complexity index is 617. The van der Waals surface area contributed by atoms with Crippen molar-refractivity contribution >= 4 is 10.0 Å².